The molecule has 1 aromatic carbocycles. The number of nitrogens with zero attached hydrogens (tertiary/aromatic N) is 2. The Hall–Kier alpha value is -2.99. The fraction of sp³-hybridized carbons (Fsp3) is 0.435. The van der Waals surface area contributed by atoms with Crippen LogP contribution in [0, 0.1) is 10.8 Å². The van der Waals surface area contributed by atoms with Gasteiger partial charge in [-0.15, -0.1) is 13.2 Å². The number of ether oxygens (including phenoxy) is 1. The number of phenolic OH excluding ortho intramolecular Hbond substituents is 1. The molecule has 0 spiro atoms. The Morgan fingerprint density at radius 3 is 2.34 bits per heavy atom. The van der Waals surface area contributed by atoms with Gasteiger partial charge in [-0.2, -0.15) is 0 Å². The Bertz CT molecular complexity index is 1000. The van der Waals surface area contributed by atoms with Crippen LogP contribution < -0.4 is 10.5 Å². The molecule has 194 valence electrons. The third-order valence-electron chi connectivity index (χ3n) is 4.67. The predicted molar refractivity (Wildman–Crippen MR) is 134 cm³/mol. The number of aldehydes is 1. The smallest absolute Gasteiger partial charge is 0.507 e. The number of aromatic hydroxyl groups is 1. The van der Waals surface area contributed by atoms with Crippen molar-refractivity contribution in [1.29, 1.82) is 10.8 Å². The Balaban J connectivity index is 3.42. The van der Waals surface area contributed by atoms with Gasteiger partial charge >= 0.3 is 6.36 Å². The molecule has 12 heteroatoms. The molecule has 1 rings (SSSR count). The van der Waals surface area contributed by atoms with Gasteiger partial charge in [0.05, 0.1) is 5.56 Å². The van der Waals surface area contributed by atoms with E-state index in [1.165, 1.54) is 6.08 Å². The van der Waals surface area contributed by atoms with Gasteiger partial charge in [-0.25, -0.2) is 0 Å². The van der Waals surface area contributed by atoms with Gasteiger partial charge in [0.1, 0.15) is 22.8 Å². The van der Waals surface area contributed by atoms with E-state index >= 15 is 0 Å². The van der Waals surface area contributed by atoms with Crippen molar-refractivity contribution in [2.24, 2.45) is 5.73 Å². The first-order valence-electron chi connectivity index (χ1n) is 10.5. The Morgan fingerprint density at radius 2 is 1.86 bits per heavy atom. The number of phenols is 1. The number of hydrogen-bond acceptors (Lipinski definition) is 8. The summed E-state index contributed by atoms with van der Waals surface area (Å²) in [6.45, 7) is 5.50. The number of rotatable bonds is 9. The van der Waals surface area contributed by atoms with Crippen LogP contribution in [0.5, 0.6) is 11.5 Å². The first-order chi connectivity index (χ1) is 15.9. The molecule has 0 heterocycles. The molecule has 0 amide bonds. The molecule has 1 unspecified atom stereocenters. The number of nitrogens with two attached hydrogens (primary N) is 1. The van der Waals surface area contributed by atoms with Crippen LogP contribution in [-0.4, -0.2) is 70.5 Å². The minimum Gasteiger partial charge on any atom is -0.507 e. The van der Waals surface area contributed by atoms with E-state index in [-0.39, 0.29) is 22.3 Å². The highest BCUT2D eigenvalue weighted by molar-refractivity contribution is 8.26. The number of amidine groups is 1. The highest BCUT2D eigenvalue weighted by Gasteiger charge is 2.34. The summed E-state index contributed by atoms with van der Waals surface area (Å²) in [6, 6.07) is 1.93. The second-order valence-corrected chi connectivity index (χ2v) is 9.84. The fourth-order valence-electron chi connectivity index (χ4n) is 3.07. The van der Waals surface area contributed by atoms with Crippen molar-refractivity contribution in [3.63, 3.8) is 0 Å². The maximum atomic E-state index is 13.2. The number of halogens is 3. The van der Waals surface area contributed by atoms with Crippen LogP contribution >= 0.6 is 11.8 Å². The number of allylic oxidation sites excluding steroid dienone is 3. The van der Waals surface area contributed by atoms with Crippen LogP contribution in [0.15, 0.2) is 30.5 Å². The Kier molecular flexibility index (Phi) is 10.4. The Morgan fingerprint density at radius 1 is 1.26 bits per heavy atom. The van der Waals surface area contributed by atoms with E-state index in [2.05, 4.69) is 4.74 Å². The number of thioether (sulfide) groups is 1. The maximum absolute atomic E-state index is 13.2. The molecule has 0 aliphatic carbocycles. The zero-order valence-corrected chi connectivity index (χ0v) is 21.3. The molecule has 1 aromatic rings. The SMILES string of the molecule is CC(CC(C)(C)N)N(C)C(=N)SC(=N)c1c(O)cc(C(/C=C\N(C)C)=C/C=O)cc1OC(F)(F)F. The van der Waals surface area contributed by atoms with Crippen molar-refractivity contribution in [3.05, 3.63) is 41.6 Å². The van der Waals surface area contributed by atoms with Crippen LogP contribution in [0.4, 0.5) is 13.2 Å². The summed E-state index contributed by atoms with van der Waals surface area (Å²) in [7, 11) is 5.05. The molecular formula is C23H32F3N5O3S. The molecule has 0 bridgehead atoms. The van der Waals surface area contributed by atoms with Crippen LogP contribution in [0.2, 0.25) is 0 Å². The number of carbonyl (C=O) groups is 1. The number of hydrogen-bond donors (Lipinski definition) is 4. The van der Waals surface area contributed by atoms with Gasteiger partial charge in [0.25, 0.3) is 0 Å². The van der Waals surface area contributed by atoms with Gasteiger partial charge < -0.3 is 25.4 Å². The molecule has 0 saturated carbocycles. The lowest BCUT2D eigenvalue weighted by molar-refractivity contribution is -0.274. The topological polar surface area (TPSA) is 127 Å². The number of alkyl halides is 3. The predicted octanol–water partition coefficient (Wildman–Crippen LogP) is 4.39. The van der Waals surface area contributed by atoms with Crippen molar-refractivity contribution in [2.45, 2.75) is 45.1 Å². The summed E-state index contributed by atoms with van der Waals surface area (Å²) < 4.78 is 43.6. The lowest BCUT2D eigenvalue weighted by atomic mass is 9.97. The van der Waals surface area contributed by atoms with Crippen molar-refractivity contribution in [3.8, 4) is 11.5 Å². The zero-order chi connectivity index (χ0) is 27.1. The van der Waals surface area contributed by atoms with Gasteiger partial charge in [0, 0.05) is 32.7 Å². The summed E-state index contributed by atoms with van der Waals surface area (Å²) in [5, 5.41) is 26.6. The summed E-state index contributed by atoms with van der Waals surface area (Å²) in [6.07, 6.45) is 0.0493. The first kappa shape index (κ1) is 30.0. The molecule has 0 aliphatic rings. The zero-order valence-electron chi connectivity index (χ0n) is 20.5. The summed E-state index contributed by atoms with van der Waals surface area (Å²) in [4.78, 5) is 14.3. The summed E-state index contributed by atoms with van der Waals surface area (Å²) in [5.74, 6) is -1.49. The molecule has 5 N–H and O–H groups in total. The van der Waals surface area contributed by atoms with E-state index in [4.69, 9.17) is 16.6 Å². The largest absolute Gasteiger partial charge is 0.573 e. The van der Waals surface area contributed by atoms with Gasteiger partial charge in [-0.05, 0) is 80.6 Å². The quantitative estimate of drug-likeness (QED) is 0.126. The molecule has 8 nitrogen and oxygen atoms in total. The second kappa shape index (κ2) is 12.1. The van der Waals surface area contributed by atoms with Crippen molar-refractivity contribution >= 4 is 33.8 Å². The lowest BCUT2D eigenvalue weighted by Gasteiger charge is -2.31. The summed E-state index contributed by atoms with van der Waals surface area (Å²) >= 11 is 0.561. The average molecular weight is 516 g/mol. The molecular weight excluding hydrogens is 483 g/mol. The monoisotopic (exact) mass is 515 g/mol. The highest BCUT2D eigenvalue weighted by Crippen LogP contribution is 2.38. The lowest BCUT2D eigenvalue weighted by Crippen LogP contribution is -2.42. The van der Waals surface area contributed by atoms with Gasteiger partial charge in [-0.1, -0.05) is 0 Å². The first-order valence-corrected chi connectivity index (χ1v) is 11.3. The van der Waals surface area contributed by atoms with Gasteiger partial charge in [0.15, 0.2) is 5.17 Å². The minimum atomic E-state index is -5.11. The van der Waals surface area contributed by atoms with Crippen LogP contribution in [0.3, 0.4) is 0 Å². The van der Waals surface area contributed by atoms with Gasteiger partial charge in [0.2, 0.25) is 0 Å². The Labute approximate surface area is 207 Å². The van der Waals surface area contributed by atoms with Crippen LogP contribution in [0.1, 0.15) is 38.3 Å². The molecule has 1 atom stereocenters. The number of nitrogens with one attached hydrogen (secondary N) is 2. The van der Waals surface area contributed by atoms with Crippen LogP contribution in [-0.2, 0) is 4.79 Å². The van der Waals surface area contributed by atoms with E-state index in [0.29, 0.717) is 24.5 Å². The highest BCUT2D eigenvalue weighted by atomic mass is 32.2. The maximum Gasteiger partial charge on any atom is 0.573 e. The van der Waals surface area contributed by atoms with Gasteiger partial charge in [-0.3, -0.25) is 15.6 Å². The normalized spacial score (nSPS) is 13.5. The third kappa shape index (κ3) is 10.0. The molecule has 0 aliphatic heterocycles. The second-order valence-electron chi connectivity index (χ2n) is 8.84. The van der Waals surface area contributed by atoms with Crippen molar-refractivity contribution in [1.82, 2.24) is 9.80 Å². The number of carbonyl (C=O) groups excluding carboxylic acids is 1. The van der Waals surface area contributed by atoms with E-state index in [0.717, 1.165) is 18.2 Å². The molecule has 0 fully saturated rings. The van der Waals surface area contributed by atoms with E-state index in [1.54, 1.807) is 37.1 Å². The minimum absolute atomic E-state index is 0.0690. The third-order valence-corrected chi connectivity index (χ3v) is 5.56. The van der Waals surface area contributed by atoms with E-state index in [1.807, 2.05) is 20.8 Å². The average Bonchev–Trinajstić information content (AvgIpc) is 2.67. The molecule has 0 aromatic heterocycles. The molecule has 35 heavy (non-hydrogen) atoms. The molecule has 0 radical (unpaired) electrons. The standard InChI is InChI=1S/C23H32F3N5O3S/c1-14(13-22(2,3)29)31(6)21(28)35-20(27)19-17(33)11-16(12-18(19)34-23(24,25)26)15(8-10-32)7-9-30(4)5/h7-12,14,27-28,33H,13,29H2,1-6H3/b9-7-,15-8+,27-20?,28-21?. The van der Waals surface area contributed by atoms with Crippen LogP contribution in [0.25, 0.3) is 5.57 Å². The van der Waals surface area contributed by atoms with E-state index in [9.17, 15) is 23.1 Å². The fourth-order valence-corrected chi connectivity index (χ4v) is 3.89. The van der Waals surface area contributed by atoms with Crippen molar-refractivity contribution in [2.75, 3.05) is 21.1 Å². The number of benzene rings is 1. The van der Waals surface area contributed by atoms with E-state index < -0.39 is 34.0 Å². The van der Waals surface area contributed by atoms with Crippen molar-refractivity contribution < 1.29 is 27.8 Å². The molecule has 0 saturated heterocycles. The summed E-state index contributed by atoms with van der Waals surface area (Å²) in [5.41, 5.74) is 5.27.